The maximum atomic E-state index is 14.6. The van der Waals surface area contributed by atoms with E-state index in [0.717, 1.165) is 49.2 Å². The van der Waals surface area contributed by atoms with Gasteiger partial charge in [-0.1, -0.05) is 36.7 Å². The SMILES string of the molecule is CCc1cc(Cl)c(OC)c(N2CCN(C[C@H](F)CCNC(=O)c3cc4ccccc4o3)CC2)c1. The van der Waals surface area contributed by atoms with Gasteiger partial charge in [-0.05, 0) is 42.7 Å². The fourth-order valence-corrected chi connectivity index (χ4v) is 4.65. The Hall–Kier alpha value is -2.77. The van der Waals surface area contributed by atoms with Gasteiger partial charge < -0.3 is 19.4 Å². The average molecular weight is 488 g/mol. The quantitative estimate of drug-likeness (QED) is 0.463. The number of anilines is 1. The Morgan fingerprint density at radius 1 is 1.21 bits per heavy atom. The summed E-state index contributed by atoms with van der Waals surface area (Å²) in [7, 11) is 1.63. The first-order chi connectivity index (χ1) is 16.5. The smallest absolute Gasteiger partial charge is 0.287 e. The number of benzene rings is 2. The maximum absolute atomic E-state index is 14.6. The van der Waals surface area contributed by atoms with Crippen molar-refractivity contribution in [3.63, 3.8) is 0 Å². The van der Waals surface area contributed by atoms with Crippen molar-refractivity contribution in [2.75, 3.05) is 51.3 Å². The van der Waals surface area contributed by atoms with Gasteiger partial charge >= 0.3 is 0 Å². The van der Waals surface area contributed by atoms with Crippen LogP contribution < -0.4 is 15.0 Å². The normalized spacial score (nSPS) is 15.5. The summed E-state index contributed by atoms with van der Waals surface area (Å²) in [6, 6.07) is 13.2. The van der Waals surface area contributed by atoms with E-state index in [1.807, 2.05) is 30.3 Å². The van der Waals surface area contributed by atoms with Crippen LogP contribution in [0.1, 0.15) is 29.5 Å². The first-order valence-corrected chi connectivity index (χ1v) is 12.1. The van der Waals surface area contributed by atoms with Crippen molar-refractivity contribution in [3.8, 4) is 5.75 Å². The molecule has 0 radical (unpaired) electrons. The average Bonchev–Trinajstić information content (AvgIpc) is 3.28. The van der Waals surface area contributed by atoms with E-state index in [1.54, 1.807) is 13.2 Å². The number of hydrogen-bond donors (Lipinski definition) is 1. The molecule has 182 valence electrons. The highest BCUT2D eigenvalue weighted by molar-refractivity contribution is 6.32. The van der Waals surface area contributed by atoms with Crippen molar-refractivity contribution in [2.45, 2.75) is 25.9 Å². The van der Waals surface area contributed by atoms with Crippen molar-refractivity contribution >= 4 is 34.2 Å². The summed E-state index contributed by atoms with van der Waals surface area (Å²) >= 11 is 6.41. The van der Waals surface area contributed by atoms with Crippen molar-refractivity contribution in [2.24, 2.45) is 0 Å². The summed E-state index contributed by atoms with van der Waals surface area (Å²) in [5.74, 6) is 0.616. The number of carbonyl (C=O) groups is 1. The van der Waals surface area contributed by atoms with Gasteiger partial charge in [0.15, 0.2) is 11.5 Å². The highest BCUT2D eigenvalue weighted by Crippen LogP contribution is 2.37. The zero-order chi connectivity index (χ0) is 24.1. The summed E-state index contributed by atoms with van der Waals surface area (Å²) in [5.41, 5.74) is 2.82. The molecule has 0 spiro atoms. The van der Waals surface area contributed by atoms with E-state index in [1.165, 1.54) is 0 Å². The third-order valence-corrected chi connectivity index (χ3v) is 6.54. The molecule has 0 saturated carbocycles. The van der Waals surface area contributed by atoms with Gasteiger partial charge in [0.2, 0.25) is 0 Å². The van der Waals surface area contributed by atoms with Gasteiger partial charge in [-0.2, -0.15) is 0 Å². The molecule has 1 amide bonds. The van der Waals surface area contributed by atoms with Gasteiger partial charge in [0.25, 0.3) is 5.91 Å². The molecule has 2 aromatic carbocycles. The minimum atomic E-state index is -1.02. The molecule has 1 aliphatic rings. The molecule has 1 aromatic heterocycles. The Morgan fingerprint density at radius 2 is 1.97 bits per heavy atom. The number of aryl methyl sites for hydroxylation is 1. The Kier molecular flexibility index (Phi) is 7.95. The number of ether oxygens (including phenoxy) is 1. The number of rotatable bonds is 9. The standard InChI is InChI=1S/C26H31ClFN3O3/c1-3-18-14-21(27)25(33-2)22(15-18)31-12-10-30(11-13-31)17-20(28)8-9-29-26(32)24-16-19-6-4-5-7-23(19)34-24/h4-7,14-16,20H,3,8-13,17H2,1-2H3,(H,29,32)/t20-/m1/s1. The van der Waals surface area contributed by atoms with Crippen molar-refractivity contribution < 1.29 is 18.3 Å². The molecular formula is C26H31ClFN3O3. The highest BCUT2D eigenvalue weighted by atomic mass is 35.5. The number of para-hydroxylation sites is 1. The number of furan rings is 1. The molecule has 1 aliphatic heterocycles. The first-order valence-electron chi connectivity index (χ1n) is 11.7. The van der Waals surface area contributed by atoms with Gasteiger partial charge in [0.05, 0.1) is 17.8 Å². The number of piperazine rings is 1. The van der Waals surface area contributed by atoms with Gasteiger partial charge in [-0.25, -0.2) is 4.39 Å². The third-order valence-electron chi connectivity index (χ3n) is 6.26. The summed E-state index contributed by atoms with van der Waals surface area (Å²) in [4.78, 5) is 16.7. The van der Waals surface area contributed by atoms with E-state index in [0.29, 0.717) is 22.9 Å². The fraction of sp³-hybridized carbons (Fsp3) is 0.423. The van der Waals surface area contributed by atoms with E-state index < -0.39 is 6.17 Å². The summed E-state index contributed by atoms with van der Waals surface area (Å²) in [6.07, 6.45) is 0.135. The Labute approximate surface area is 204 Å². The molecule has 6 nitrogen and oxygen atoms in total. The fourth-order valence-electron chi connectivity index (χ4n) is 4.34. The lowest BCUT2D eigenvalue weighted by Gasteiger charge is -2.37. The number of fused-ring (bicyclic) bond motifs is 1. The van der Waals surface area contributed by atoms with E-state index in [4.69, 9.17) is 20.8 Å². The van der Waals surface area contributed by atoms with Crippen molar-refractivity contribution in [3.05, 3.63) is 58.8 Å². The summed E-state index contributed by atoms with van der Waals surface area (Å²) < 4.78 is 25.7. The van der Waals surface area contributed by atoms with Crippen LogP contribution in [0.3, 0.4) is 0 Å². The molecule has 4 rings (SSSR count). The van der Waals surface area contributed by atoms with Crippen molar-refractivity contribution in [1.82, 2.24) is 10.2 Å². The highest BCUT2D eigenvalue weighted by Gasteiger charge is 2.23. The number of alkyl halides is 1. The minimum absolute atomic E-state index is 0.246. The predicted octanol–water partition coefficient (Wildman–Crippen LogP) is 4.94. The molecule has 0 aliphatic carbocycles. The zero-order valence-corrected chi connectivity index (χ0v) is 20.4. The molecule has 1 N–H and O–H groups in total. The number of carbonyl (C=O) groups excluding carboxylic acids is 1. The molecule has 1 saturated heterocycles. The molecule has 0 unspecified atom stereocenters. The number of nitrogens with zero attached hydrogens (tertiary/aromatic N) is 2. The molecule has 2 heterocycles. The van der Waals surface area contributed by atoms with Crippen LogP contribution in [0.15, 0.2) is 46.9 Å². The Bertz CT molecular complexity index is 1090. The van der Waals surface area contributed by atoms with E-state index in [2.05, 4.69) is 28.1 Å². The van der Waals surface area contributed by atoms with Gasteiger partial charge in [0.1, 0.15) is 11.8 Å². The zero-order valence-electron chi connectivity index (χ0n) is 19.7. The number of methoxy groups -OCH3 is 1. The van der Waals surface area contributed by atoms with Crippen LogP contribution in [-0.2, 0) is 6.42 Å². The Morgan fingerprint density at radius 3 is 2.68 bits per heavy atom. The van der Waals surface area contributed by atoms with E-state index in [-0.39, 0.29) is 24.6 Å². The molecule has 0 bridgehead atoms. The van der Waals surface area contributed by atoms with Crippen LogP contribution in [0.2, 0.25) is 5.02 Å². The van der Waals surface area contributed by atoms with Crippen LogP contribution in [0, 0.1) is 0 Å². The molecular weight excluding hydrogens is 457 g/mol. The van der Waals surface area contributed by atoms with E-state index in [9.17, 15) is 9.18 Å². The number of nitrogens with one attached hydrogen (secondary N) is 1. The van der Waals surface area contributed by atoms with Crippen LogP contribution in [-0.4, -0.2) is 63.4 Å². The van der Waals surface area contributed by atoms with Gasteiger partial charge in [-0.15, -0.1) is 0 Å². The topological polar surface area (TPSA) is 58.0 Å². The van der Waals surface area contributed by atoms with Crippen LogP contribution in [0.4, 0.5) is 10.1 Å². The number of amides is 1. The maximum Gasteiger partial charge on any atom is 0.287 e. The lowest BCUT2D eigenvalue weighted by molar-refractivity contribution is 0.0922. The molecule has 8 heteroatoms. The lowest BCUT2D eigenvalue weighted by atomic mass is 10.1. The molecule has 34 heavy (non-hydrogen) atoms. The van der Waals surface area contributed by atoms with Crippen LogP contribution in [0.5, 0.6) is 5.75 Å². The predicted molar refractivity (Wildman–Crippen MR) is 134 cm³/mol. The minimum Gasteiger partial charge on any atom is -0.493 e. The number of hydrogen-bond acceptors (Lipinski definition) is 5. The lowest BCUT2D eigenvalue weighted by Crippen LogP contribution is -2.48. The first kappa shape index (κ1) is 24.4. The second-order valence-electron chi connectivity index (χ2n) is 8.56. The summed E-state index contributed by atoms with van der Waals surface area (Å²) in [5, 5.41) is 4.25. The van der Waals surface area contributed by atoms with Gasteiger partial charge in [-0.3, -0.25) is 9.69 Å². The van der Waals surface area contributed by atoms with Crippen molar-refractivity contribution in [1.29, 1.82) is 0 Å². The molecule has 1 atom stereocenters. The molecule has 1 fully saturated rings. The van der Waals surface area contributed by atoms with Crippen LogP contribution in [0.25, 0.3) is 11.0 Å². The van der Waals surface area contributed by atoms with E-state index >= 15 is 0 Å². The molecule has 3 aromatic rings. The third kappa shape index (κ3) is 5.65. The summed E-state index contributed by atoms with van der Waals surface area (Å²) in [6.45, 7) is 5.76. The second kappa shape index (κ2) is 11.1. The second-order valence-corrected chi connectivity index (χ2v) is 8.97. The van der Waals surface area contributed by atoms with Gasteiger partial charge in [0, 0.05) is 44.7 Å². The largest absolute Gasteiger partial charge is 0.493 e. The van der Waals surface area contributed by atoms with Crippen LogP contribution >= 0.6 is 11.6 Å². The Balaban J connectivity index is 1.23. The monoisotopic (exact) mass is 487 g/mol. The number of halogens is 2.